The molecule has 1 aromatic rings. The van der Waals surface area contributed by atoms with Crippen molar-refractivity contribution in [2.75, 3.05) is 5.32 Å². The average Bonchev–Trinajstić information content (AvgIpc) is 2.48. The van der Waals surface area contributed by atoms with Crippen LogP contribution in [0.15, 0.2) is 29.2 Å². The van der Waals surface area contributed by atoms with Gasteiger partial charge in [-0.2, -0.15) is 0 Å². The van der Waals surface area contributed by atoms with Crippen LogP contribution in [0.25, 0.3) is 0 Å². The molecule has 2 N–H and O–H groups in total. The van der Waals surface area contributed by atoms with Crippen molar-refractivity contribution in [1.29, 1.82) is 0 Å². The number of nitrogens with one attached hydrogen (secondary N) is 1. The molecule has 0 bridgehead atoms. The molecule has 0 aromatic heterocycles. The second-order valence-electron chi connectivity index (χ2n) is 5.41. The van der Waals surface area contributed by atoms with Crippen LogP contribution in [0.5, 0.6) is 0 Å². The maximum absolute atomic E-state index is 12.2. The first-order valence-electron chi connectivity index (χ1n) is 7.78. The molecule has 0 fully saturated rings. The number of hydrogen-bond acceptors (Lipinski definition) is 3. The molecule has 122 valence electrons. The van der Waals surface area contributed by atoms with Gasteiger partial charge in [0.25, 0.3) is 0 Å². The first-order chi connectivity index (χ1) is 10.5. The number of aliphatic carboxylic acids is 1. The Labute approximate surface area is 136 Å². The summed E-state index contributed by atoms with van der Waals surface area (Å²) < 4.78 is 0. The highest BCUT2D eigenvalue weighted by atomic mass is 32.2. The minimum absolute atomic E-state index is 0.0164. The van der Waals surface area contributed by atoms with Gasteiger partial charge in [0.1, 0.15) is 5.25 Å². The van der Waals surface area contributed by atoms with Gasteiger partial charge in [0, 0.05) is 10.8 Å². The fraction of sp³-hybridized carbons (Fsp3) is 0.529. The Hall–Kier alpha value is -1.49. The maximum Gasteiger partial charge on any atom is 0.316 e. The molecule has 0 spiro atoms. The number of hydrogen-bond donors (Lipinski definition) is 2. The third kappa shape index (κ3) is 5.72. The summed E-state index contributed by atoms with van der Waals surface area (Å²) in [6.07, 6.45) is 3.22. The third-order valence-electron chi connectivity index (χ3n) is 3.41. The number of para-hydroxylation sites is 1. The third-order valence-corrected chi connectivity index (χ3v) is 4.74. The van der Waals surface area contributed by atoms with Crippen LogP contribution >= 0.6 is 11.8 Å². The van der Waals surface area contributed by atoms with Gasteiger partial charge in [-0.3, -0.25) is 9.59 Å². The van der Waals surface area contributed by atoms with Gasteiger partial charge in [-0.05, 0) is 25.0 Å². The normalized spacial score (nSPS) is 13.4. The van der Waals surface area contributed by atoms with Crippen molar-refractivity contribution >= 4 is 29.3 Å². The Kier molecular flexibility index (Phi) is 8.02. The van der Waals surface area contributed by atoms with Gasteiger partial charge in [-0.1, -0.05) is 45.7 Å². The number of carboxylic acids is 1. The van der Waals surface area contributed by atoms with Crippen LogP contribution < -0.4 is 5.32 Å². The lowest BCUT2D eigenvalue weighted by molar-refractivity contribution is -0.136. The topological polar surface area (TPSA) is 66.4 Å². The summed E-state index contributed by atoms with van der Waals surface area (Å²) in [5, 5.41) is 11.7. The van der Waals surface area contributed by atoms with Gasteiger partial charge < -0.3 is 10.4 Å². The van der Waals surface area contributed by atoms with Crippen molar-refractivity contribution in [2.45, 2.75) is 56.6 Å². The summed E-state index contributed by atoms with van der Waals surface area (Å²) in [6.45, 7) is 5.93. The summed E-state index contributed by atoms with van der Waals surface area (Å²) in [5.74, 6) is -0.876. The van der Waals surface area contributed by atoms with Gasteiger partial charge in [0.15, 0.2) is 0 Å². The molecule has 0 aliphatic rings. The first-order valence-corrected chi connectivity index (χ1v) is 8.66. The monoisotopic (exact) mass is 323 g/mol. The van der Waals surface area contributed by atoms with E-state index in [4.69, 9.17) is 0 Å². The average molecular weight is 323 g/mol. The highest BCUT2D eigenvalue weighted by Gasteiger charge is 2.20. The van der Waals surface area contributed by atoms with E-state index in [1.165, 1.54) is 11.8 Å². The Bertz CT molecular complexity index is 504. The van der Waals surface area contributed by atoms with Crippen LogP contribution in [0.2, 0.25) is 0 Å². The molecule has 5 heteroatoms. The molecular weight excluding hydrogens is 298 g/mol. The van der Waals surface area contributed by atoms with Gasteiger partial charge in [-0.25, -0.2) is 0 Å². The molecule has 1 amide bonds. The highest BCUT2D eigenvalue weighted by Crippen LogP contribution is 2.32. The minimum atomic E-state index is -0.813. The Morgan fingerprint density at radius 2 is 1.82 bits per heavy atom. The molecular formula is C17H25NO3S. The van der Waals surface area contributed by atoms with Gasteiger partial charge in [0.2, 0.25) is 5.91 Å². The van der Waals surface area contributed by atoms with E-state index in [2.05, 4.69) is 12.2 Å². The lowest BCUT2D eigenvalue weighted by Gasteiger charge is -2.16. The van der Waals surface area contributed by atoms with E-state index in [0.29, 0.717) is 12.1 Å². The van der Waals surface area contributed by atoms with Crippen molar-refractivity contribution in [1.82, 2.24) is 0 Å². The van der Waals surface area contributed by atoms with E-state index in [-0.39, 0.29) is 11.8 Å². The van der Waals surface area contributed by atoms with Crippen LogP contribution in [0.4, 0.5) is 5.69 Å². The second kappa shape index (κ2) is 9.51. The lowest BCUT2D eigenvalue weighted by atomic mass is 10.1. The standard InChI is InChI=1S/C17H25NO3S/c1-4-8-12(3)16(19)18-13-10-6-7-11-14(13)22-15(9-5-2)17(20)21/h6-7,10-12,15H,4-5,8-9H2,1-3H3,(H,18,19)(H,20,21)/t12-,15+/m0/s1. The van der Waals surface area contributed by atoms with E-state index in [1.807, 2.05) is 38.1 Å². The predicted molar refractivity (Wildman–Crippen MR) is 91.3 cm³/mol. The SMILES string of the molecule is CCC[C@H](C)C(=O)Nc1ccccc1S[C@H](CCC)C(=O)O. The quantitative estimate of drug-likeness (QED) is 0.661. The molecule has 0 saturated carbocycles. The number of carbonyl (C=O) groups excluding carboxylic acids is 1. The van der Waals surface area contributed by atoms with Gasteiger partial charge in [-0.15, -0.1) is 11.8 Å². The Balaban J connectivity index is 2.85. The van der Waals surface area contributed by atoms with E-state index in [0.717, 1.165) is 24.2 Å². The molecule has 0 saturated heterocycles. The number of benzene rings is 1. The highest BCUT2D eigenvalue weighted by molar-refractivity contribution is 8.00. The number of anilines is 1. The van der Waals surface area contributed by atoms with E-state index in [9.17, 15) is 14.7 Å². The van der Waals surface area contributed by atoms with Crippen LogP contribution in [0.3, 0.4) is 0 Å². The molecule has 0 heterocycles. The molecule has 1 aromatic carbocycles. The zero-order chi connectivity index (χ0) is 16.5. The Morgan fingerprint density at radius 1 is 1.18 bits per heavy atom. The molecule has 0 radical (unpaired) electrons. The predicted octanol–water partition coefficient (Wildman–Crippen LogP) is 4.41. The smallest absolute Gasteiger partial charge is 0.316 e. The van der Waals surface area contributed by atoms with Crippen LogP contribution in [-0.4, -0.2) is 22.2 Å². The summed E-state index contributed by atoms with van der Waals surface area (Å²) in [6, 6.07) is 7.39. The molecule has 0 aliphatic carbocycles. The van der Waals surface area contributed by atoms with Crippen molar-refractivity contribution in [2.24, 2.45) is 5.92 Å². The summed E-state index contributed by atoms with van der Waals surface area (Å²) in [7, 11) is 0. The molecule has 0 aliphatic heterocycles. The van der Waals surface area contributed by atoms with Crippen LogP contribution in [0, 0.1) is 5.92 Å². The Morgan fingerprint density at radius 3 is 2.41 bits per heavy atom. The zero-order valence-corrected chi connectivity index (χ0v) is 14.3. The first kappa shape index (κ1) is 18.6. The zero-order valence-electron chi connectivity index (χ0n) is 13.5. The number of carbonyl (C=O) groups is 2. The fourth-order valence-electron chi connectivity index (χ4n) is 2.14. The fourth-order valence-corrected chi connectivity index (χ4v) is 3.31. The largest absolute Gasteiger partial charge is 0.480 e. The number of thioether (sulfide) groups is 1. The summed E-state index contributed by atoms with van der Waals surface area (Å²) in [4.78, 5) is 24.3. The molecule has 4 nitrogen and oxygen atoms in total. The van der Waals surface area contributed by atoms with Crippen molar-refractivity contribution in [3.8, 4) is 0 Å². The molecule has 0 unspecified atom stereocenters. The van der Waals surface area contributed by atoms with E-state index < -0.39 is 11.2 Å². The van der Waals surface area contributed by atoms with E-state index in [1.54, 1.807) is 0 Å². The van der Waals surface area contributed by atoms with E-state index >= 15 is 0 Å². The number of amides is 1. The second-order valence-corrected chi connectivity index (χ2v) is 6.65. The minimum Gasteiger partial charge on any atom is -0.480 e. The summed E-state index contributed by atoms with van der Waals surface area (Å²) in [5.41, 5.74) is 0.697. The summed E-state index contributed by atoms with van der Waals surface area (Å²) >= 11 is 1.30. The molecule has 22 heavy (non-hydrogen) atoms. The molecule has 1 rings (SSSR count). The molecule has 2 atom stereocenters. The maximum atomic E-state index is 12.2. The van der Waals surface area contributed by atoms with Crippen molar-refractivity contribution in [3.05, 3.63) is 24.3 Å². The van der Waals surface area contributed by atoms with Gasteiger partial charge >= 0.3 is 5.97 Å². The lowest BCUT2D eigenvalue weighted by Crippen LogP contribution is -2.21. The van der Waals surface area contributed by atoms with Crippen LogP contribution in [-0.2, 0) is 9.59 Å². The van der Waals surface area contributed by atoms with Gasteiger partial charge in [0.05, 0.1) is 5.69 Å². The van der Waals surface area contributed by atoms with Crippen molar-refractivity contribution < 1.29 is 14.7 Å². The number of carboxylic acid groups (broad SMARTS) is 1. The number of rotatable bonds is 9. The van der Waals surface area contributed by atoms with Crippen molar-refractivity contribution in [3.63, 3.8) is 0 Å². The van der Waals surface area contributed by atoms with Crippen LogP contribution in [0.1, 0.15) is 46.5 Å².